The van der Waals surface area contributed by atoms with E-state index in [4.69, 9.17) is 0 Å². The molecule has 4 nitrogen and oxygen atoms in total. The summed E-state index contributed by atoms with van der Waals surface area (Å²) >= 11 is 1.86. The van der Waals surface area contributed by atoms with Gasteiger partial charge in [0, 0.05) is 6.04 Å². The third-order valence-corrected chi connectivity index (χ3v) is 5.80. The molecule has 0 amide bonds. The van der Waals surface area contributed by atoms with Crippen LogP contribution in [0.5, 0.6) is 0 Å². The van der Waals surface area contributed by atoms with Crippen LogP contribution in [0.15, 0.2) is 29.2 Å². The van der Waals surface area contributed by atoms with Gasteiger partial charge in [0.15, 0.2) is 0 Å². The van der Waals surface area contributed by atoms with Gasteiger partial charge in [-0.2, -0.15) is 11.8 Å². The Kier molecular flexibility index (Phi) is 4.89. The highest BCUT2D eigenvalue weighted by Gasteiger charge is 2.21. The lowest BCUT2D eigenvalue weighted by Gasteiger charge is -2.22. The molecule has 1 aromatic carbocycles. The summed E-state index contributed by atoms with van der Waals surface area (Å²) < 4.78 is 27.2. The zero-order valence-corrected chi connectivity index (χ0v) is 12.5. The standard InChI is InChI=1S/C13H19NO3S2/c1-10(15)11-2-4-13(5-3-11)19(16,17)14-12-6-8-18-9-7-12/h2-5,10,12,14-15H,6-9H2,1H3. The van der Waals surface area contributed by atoms with Gasteiger partial charge in [-0.25, -0.2) is 13.1 Å². The molecular formula is C13H19NO3S2. The van der Waals surface area contributed by atoms with Crippen molar-refractivity contribution in [2.24, 2.45) is 0 Å². The molecule has 1 atom stereocenters. The summed E-state index contributed by atoms with van der Waals surface area (Å²) in [4.78, 5) is 0.259. The van der Waals surface area contributed by atoms with Gasteiger partial charge in [-0.15, -0.1) is 0 Å². The molecule has 2 N–H and O–H groups in total. The molecule has 0 spiro atoms. The third-order valence-electron chi connectivity index (χ3n) is 3.22. The average molecular weight is 301 g/mol. The number of thioether (sulfide) groups is 1. The molecule has 0 radical (unpaired) electrons. The fraction of sp³-hybridized carbons (Fsp3) is 0.538. The lowest BCUT2D eigenvalue weighted by molar-refractivity contribution is 0.199. The minimum atomic E-state index is -3.44. The van der Waals surface area contributed by atoms with Gasteiger partial charge in [0.25, 0.3) is 0 Å². The average Bonchev–Trinajstić information content (AvgIpc) is 2.39. The van der Waals surface area contributed by atoms with Crippen molar-refractivity contribution in [3.8, 4) is 0 Å². The van der Waals surface area contributed by atoms with Crippen molar-refractivity contribution in [1.82, 2.24) is 4.72 Å². The topological polar surface area (TPSA) is 66.4 Å². The van der Waals surface area contributed by atoms with Crippen LogP contribution >= 0.6 is 11.8 Å². The summed E-state index contributed by atoms with van der Waals surface area (Å²) in [5, 5.41) is 9.41. The van der Waals surface area contributed by atoms with Gasteiger partial charge < -0.3 is 5.11 Å². The van der Waals surface area contributed by atoms with Crippen molar-refractivity contribution in [1.29, 1.82) is 0 Å². The summed E-state index contributed by atoms with van der Waals surface area (Å²) in [6.07, 6.45) is 1.19. The Morgan fingerprint density at radius 2 is 1.84 bits per heavy atom. The number of aliphatic hydroxyl groups is 1. The first kappa shape index (κ1) is 14.8. The maximum Gasteiger partial charge on any atom is 0.240 e. The second-order valence-electron chi connectivity index (χ2n) is 4.75. The van der Waals surface area contributed by atoms with Crippen molar-refractivity contribution in [3.05, 3.63) is 29.8 Å². The van der Waals surface area contributed by atoms with E-state index in [-0.39, 0.29) is 10.9 Å². The van der Waals surface area contributed by atoms with Crippen LogP contribution in [0.25, 0.3) is 0 Å². The van der Waals surface area contributed by atoms with Crippen LogP contribution in [-0.2, 0) is 10.0 Å². The van der Waals surface area contributed by atoms with Crippen LogP contribution in [0.4, 0.5) is 0 Å². The molecule has 1 aliphatic rings. The van der Waals surface area contributed by atoms with Crippen LogP contribution in [0.1, 0.15) is 31.4 Å². The number of hydrogen-bond acceptors (Lipinski definition) is 4. The van der Waals surface area contributed by atoms with Gasteiger partial charge in [-0.05, 0) is 49.0 Å². The molecule has 1 aromatic rings. The van der Waals surface area contributed by atoms with Crippen LogP contribution in [0.3, 0.4) is 0 Å². The number of sulfonamides is 1. The van der Waals surface area contributed by atoms with Crippen molar-refractivity contribution < 1.29 is 13.5 Å². The SMILES string of the molecule is CC(O)c1ccc(S(=O)(=O)NC2CCSCC2)cc1. The minimum Gasteiger partial charge on any atom is -0.389 e. The highest BCUT2D eigenvalue weighted by Crippen LogP contribution is 2.20. The van der Waals surface area contributed by atoms with Crippen LogP contribution in [0.2, 0.25) is 0 Å². The Labute approximate surface area is 118 Å². The molecule has 0 saturated carbocycles. The molecule has 1 aliphatic heterocycles. The van der Waals surface area contributed by atoms with E-state index in [9.17, 15) is 13.5 Å². The van der Waals surface area contributed by atoms with E-state index in [0.717, 1.165) is 24.3 Å². The molecule has 19 heavy (non-hydrogen) atoms. The Bertz CT molecular complexity index is 505. The first-order valence-corrected chi connectivity index (χ1v) is 9.01. The fourth-order valence-corrected chi connectivity index (χ4v) is 4.44. The summed E-state index contributed by atoms with van der Waals surface area (Å²) in [6.45, 7) is 1.65. The molecule has 1 unspecified atom stereocenters. The molecule has 1 saturated heterocycles. The van der Waals surface area contributed by atoms with E-state index >= 15 is 0 Å². The zero-order chi connectivity index (χ0) is 13.9. The van der Waals surface area contributed by atoms with Gasteiger partial charge in [0.2, 0.25) is 10.0 Å². The van der Waals surface area contributed by atoms with Crippen molar-refractivity contribution >= 4 is 21.8 Å². The second-order valence-corrected chi connectivity index (χ2v) is 7.69. The van der Waals surface area contributed by atoms with Crippen molar-refractivity contribution in [2.75, 3.05) is 11.5 Å². The Hall–Kier alpha value is -0.560. The number of nitrogens with one attached hydrogen (secondary N) is 1. The molecular weight excluding hydrogens is 282 g/mol. The smallest absolute Gasteiger partial charge is 0.240 e. The van der Waals surface area contributed by atoms with Crippen molar-refractivity contribution in [2.45, 2.75) is 36.8 Å². The predicted molar refractivity (Wildman–Crippen MR) is 77.7 cm³/mol. The Morgan fingerprint density at radius 1 is 1.26 bits per heavy atom. The molecule has 0 aromatic heterocycles. The highest BCUT2D eigenvalue weighted by atomic mass is 32.2. The monoisotopic (exact) mass is 301 g/mol. The van der Waals surface area contributed by atoms with E-state index in [1.54, 1.807) is 31.2 Å². The number of rotatable bonds is 4. The molecule has 6 heteroatoms. The summed E-state index contributed by atoms with van der Waals surface area (Å²) in [7, 11) is -3.44. The fourth-order valence-electron chi connectivity index (χ4n) is 2.03. The highest BCUT2D eigenvalue weighted by molar-refractivity contribution is 7.99. The molecule has 0 bridgehead atoms. The van der Waals surface area contributed by atoms with E-state index < -0.39 is 16.1 Å². The molecule has 1 heterocycles. The van der Waals surface area contributed by atoms with Gasteiger partial charge in [0.05, 0.1) is 11.0 Å². The summed E-state index contributed by atoms with van der Waals surface area (Å²) in [5.74, 6) is 2.02. The van der Waals surface area contributed by atoms with E-state index in [2.05, 4.69) is 4.72 Å². The summed E-state index contributed by atoms with van der Waals surface area (Å²) in [5.41, 5.74) is 0.716. The van der Waals surface area contributed by atoms with Crippen LogP contribution in [0, 0.1) is 0 Å². The first-order valence-electron chi connectivity index (χ1n) is 6.37. The molecule has 0 aliphatic carbocycles. The Balaban J connectivity index is 2.10. The third kappa shape index (κ3) is 3.95. The largest absolute Gasteiger partial charge is 0.389 e. The van der Waals surface area contributed by atoms with E-state index in [0.29, 0.717) is 5.56 Å². The van der Waals surface area contributed by atoms with Gasteiger partial charge >= 0.3 is 0 Å². The lowest BCUT2D eigenvalue weighted by Crippen LogP contribution is -2.37. The Morgan fingerprint density at radius 3 is 2.37 bits per heavy atom. The number of aliphatic hydroxyl groups excluding tert-OH is 1. The predicted octanol–water partition coefficient (Wildman–Crippen LogP) is 1.91. The summed E-state index contributed by atoms with van der Waals surface area (Å²) in [6, 6.07) is 6.43. The second kappa shape index (κ2) is 6.26. The minimum absolute atomic E-state index is 0.0442. The maximum absolute atomic E-state index is 12.2. The van der Waals surface area contributed by atoms with Gasteiger partial charge in [-0.1, -0.05) is 12.1 Å². The zero-order valence-electron chi connectivity index (χ0n) is 10.9. The van der Waals surface area contributed by atoms with E-state index in [1.165, 1.54) is 0 Å². The first-order chi connectivity index (χ1) is 8.99. The van der Waals surface area contributed by atoms with Crippen molar-refractivity contribution in [3.63, 3.8) is 0 Å². The van der Waals surface area contributed by atoms with E-state index in [1.807, 2.05) is 11.8 Å². The van der Waals surface area contributed by atoms with Gasteiger partial charge in [0.1, 0.15) is 0 Å². The molecule has 2 rings (SSSR count). The molecule has 106 valence electrons. The van der Waals surface area contributed by atoms with Crippen LogP contribution in [-0.4, -0.2) is 31.1 Å². The van der Waals surface area contributed by atoms with Crippen LogP contribution < -0.4 is 4.72 Å². The number of benzene rings is 1. The quantitative estimate of drug-likeness (QED) is 0.891. The number of hydrogen-bond donors (Lipinski definition) is 2. The maximum atomic E-state index is 12.2. The molecule has 1 fully saturated rings. The normalized spacial score (nSPS) is 19.3. The van der Waals surface area contributed by atoms with Gasteiger partial charge in [-0.3, -0.25) is 0 Å². The lowest BCUT2D eigenvalue weighted by atomic mass is 10.1.